The van der Waals surface area contributed by atoms with Crippen LogP contribution in [0.1, 0.15) is 33.6 Å². The summed E-state index contributed by atoms with van der Waals surface area (Å²) in [7, 11) is -2.36. The molecule has 3 fully saturated rings. The van der Waals surface area contributed by atoms with Crippen LogP contribution in [0, 0.1) is 17.8 Å². The number of rotatable bonds is 10. The van der Waals surface area contributed by atoms with E-state index in [1.165, 1.54) is 23.5 Å². The zero-order valence-corrected chi connectivity index (χ0v) is 22.1. The number of fused-ring (bicyclic) bond motifs is 3. The van der Waals surface area contributed by atoms with E-state index in [9.17, 15) is 18.3 Å². The first-order valence-electron chi connectivity index (χ1n) is 12.6. The van der Waals surface area contributed by atoms with Crippen LogP contribution in [0.15, 0.2) is 29.2 Å². The Bertz CT molecular complexity index is 1000. The molecule has 1 aromatic carbocycles. The number of alkyl carbamates (subject to hydrolysis) is 1. The lowest BCUT2D eigenvalue weighted by Gasteiger charge is -2.29. The standard InChI is InChI=1S/C25H38N2O8S/c1-15(2)12-27(36(30,31)18-7-5-17(32-4)6-8-18)13-20(28)16(3)26-25(29)35-23-14-34-22-11-21-19(24(22)23)9-10-33-21/h5-8,15-16,19-24,28H,9-14H2,1-4H3,(H,26,29)/t16-,19-,20+,21-,22-,23-,24+/m0/s1. The summed E-state index contributed by atoms with van der Waals surface area (Å²) in [6.45, 7) is 6.56. The maximum atomic E-state index is 13.3. The molecule has 10 nitrogen and oxygen atoms in total. The molecule has 36 heavy (non-hydrogen) atoms. The van der Waals surface area contributed by atoms with Crippen molar-refractivity contribution in [2.75, 3.05) is 33.4 Å². The summed E-state index contributed by atoms with van der Waals surface area (Å²) in [5.41, 5.74) is 0. The molecule has 2 heterocycles. The number of hydrogen-bond donors (Lipinski definition) is 2. The van der Waals surface area contributed by atoms with Gasteiger partial charge in [-0.05, 0) is 49.4 Å². The Morgan fingerprint density at radius 1 is 1.17 bits per heavy atom. The molecule has 2 saturated heterocycles. The fourth-order valence-electron chi connectivity index (χ4n) is 5.54. The minimum absolute atomic E-state index is 0.0311. The maximum absolute atomic E-state index is 13.3. The number of sulfonamides is 1. The highest BCUT2D eigenvalue weighted by Gasteiger charge is 2.55. The summed E-state index contributed by atoms with van der Waals surface area (Å²) in [4.78, 5) is 12.8. The van der Waals surface area contributed by atoms with E-state index in [2.05, 4.69) is 5.32 Å². The smallest absolute Gasteiger partial charge is 0.407 e. The van der Waals surface area contributed by atoms with Crippen LogP contribution in [0.2, 0.25) is 0 Å². The number of ether oxygens (including phenoxy) is 4. The summed E-state index contributed by atoms with van der Waals surface area (Å²) in [6.07, 6.45) is -0.143. The van der Waals surface area contributed by atoms with E-state index >= 15 is 0 Å². The molecule has 0 bridgehead atoms. The van der Waals surface area contributed by atoms with Crippen molar-refractivity contribution >= 4 is 16.1 Å². The van der Waals surface area contributed by atoms with Gasteiger partial charge in [0.25, 0.3) is 0 Å². The minimum Gasteiger partial charge on any atom is -0.497 e. The monoisotopic (exact) mass is 526 g/mol. The van der Waals surface area contributed by atoms with E-state index < -0.39 is 28.3 Å². The number of carbonyl (C=O) groups is 1. The molecule has 7 atom stereocenters. The predicted octanol–water partition coefficient (Wildman–Crippen LogP) is 2.01. The lowest BCUT2D eigenvalue weighted by molar-refractivity contribution is 0.0286. The summed E-state index contributed by atoms with van der Waals surface area (Å²) < 4.78 is 50.3. The highest BCUT2D eigenvalue weighted by atomic mass is 32.2. The lowest BCUT2D eigenvalue weighted by atomic mass is 9.89. The number of amides is 1. The van der Waals surface area contributed by atoms with Gasteiger partial charge in [0.15, 0.2) is 0 Å². The second-order valence-corrected chi connectivity index (χ2v) is 12.3. The second-order valence-electron chi connectivity index (χ2n) is 10.4. The lowest BCUT2D eigenvalue weighted by Crippen LogP contribution is -2.49. The van der Waals surface area contributed by atoms with Gasteiger partial charge in [-0.1, -0.05) is 13.8 Å². The van der Waals surface area contributed by atoms with Gasteiger partial charge in [0.05, 0.1) is 43.0 Å². The number of aliphatic hydroxyl groups is 1. The number of methoxy groups -OCH3 is 1. The van der Waals surface area contributed by atoms with E-state index in [0.717, 1.165) is 19.4 Å². The van der Waals surface area contributed by atoms with E-state index in [1.54, 1.807) is 19.1 Å². The number of aliphatic hydroxyl groups excluding tert-OH is 1. The van der Waals surface area contributed by atoms with Crippen molar-refractivity contribution in [3.63, 3.8) is 0 Å². The third-order valence-corrected chi connectivity index (χ3v) is 9.24. The van der Waals surface area contributed by atoms with Crippen molar-refractivity contribution in [2.24, 2.45) is 17.8 Å². The van der Waals surface area contributed by atoms with Crippen LogP contribution < -0.4 is 10.1 Å². The molecule has 0 aromatic heterocycles. The molecular formula is C25H38N2O8S. The van der Waals surface area contributed by atoms with Gasteiger partial charge in [0.1, 0.15) is 11.9 Å². The zero-order chi connectivity index (χ0) is 26.0. The van der Waals surface area contributed by atoms with Gasteiger partial charge in [-0.15, -0.1) is 0 Å². The van der Waals surface area contributed by atoms with E-state index in [-0.39, 0.29) is 48.1 Å². The van der Waals surface area contributed by atoms with Crippen molar-refractivity contribution in [3.05, 3.63) is 24.3 Å². The molecule has 3 aliphatic rings. The van der Waals surface area contributed by atoms with Crippen LogP contribution in [0.5, 0.6) is 5.75 Å². The fourth-order valence-corrected chi connectivity index (χ4v) is 7.16. The first kappa shape index (κ1) is 27.1. The third-order valence-electron chi connectivity index (χ3n) is 7.39. The summed E-state index contributed by atoms with van der Waals surface area (Å²) in [6, 6.07) is 5.39. The predicted molar refractivity (Wildman–Crippen MR) is 131 cm³/mol. The molecule has 1 aromatic rings. The maximum Gasteiger partial charge on any atom is 0.407 e. The van der Waals surface area contributed by atoms with Crippen LogP contribution in [0.3, 0.4) is 0 Å². The van der Waals surface area contributed by atoms with Crippen molar-refractivity contribution in [1.82, 2.24) is 9.62 Å². The third kappa shape index (κ3) is 5.80. The topological polar surface area (TPSA) is 124 Å². The number of carbonyl (C=O) groups excluding carboxylic acids is 1. The van der Waals surface area contributed by atoms with Crippen molar-refractivity contribution in [3.8, 4) is 5.75 Å². The molecule has 1 amide bonds. The Morgan fingerprint density at radius 2 is 1.89 bits per heavy atom. The molecule has 11 heteroatoms. The molecule has 0 spiro atoms. The van der Waals surface area contributed by atoms with Gasteiger partial charge in [0.2, 0.25) is 10.0 Å². The number of hydrogen-bond acceptors (Lipinski definition) is 8. The van der Waals surface area contributed by atoms with Gasteiger partial charge >= 0.3 is 6.09 Å². The van der Waals surface area contributed by atoms with E-state index in [1.807, 2.05) is 13.8 Å². The van der Waals surface area contributed by atoms with Gasteiger partial charge < -0.3 is 29.4 Å². The number of benzene rings is 1. The molecular weight excluding hydrogens is 488 g/mol. The SMILES string of the molecule is COc1ccc(S(=O)(=O)N(CC(C)C)C[C@@H](O)[C@H](C)NC(=O)O[C@H]2CO[C@H]3C[C@@H]4OCC[C@@H]4[C@H]32)cc1. The second kappa shape index (κ2) is 11.2. The fraction of sp³-hybridized carbons (Fsp3) is 0.720. The molecule has 2 N–H and O–H groups in total. The Kier molecular flexibility index (Phi) is 8.45. The molecule has 1 saturated carbocycles. The van der Waals surface area contributed by atoms with Crippen LogP contribution in [-0.2, 0) is 24.2 Å². The highest BCUT2D eigenvalue weighted by molar-refractivity contribution is 7.89. The first-order chi connectivity index (χ1) is 17.1. The van der Waals surface area contributed by atoms with Crippen molar-refractivity contribution < 1.29 is 37.3 Å². The molecule has 0 radical (unpaired) electrons. The largest absolute Gasteiger partial charge is 0.497 e. The van der Waals surface area contributed by atoms with Crippen LogP contribution in [0.4, 0.5) is 4.79 Å². The zero-order valence-electron chi connectivity index (χ0n) is 21.3. The van der Waals surface area contributed by atoms with Crippen molar-refractivity contribution in [1.29, 1.82) is 0 Å². The molecule has 1 aliphatic carbocycles. The number of nitrogens with zero attached hydrogens (tertiary/aromatic N) is 1. The Hall–Kier alpha value is -1.92. The van der Waals surface area contributed by atoms with Crippen molar-refractivity contribution in [2.45, 2.75) is 69.0 Å². The Labute approximate surface area is 213 Å². The Balaban J connectivity index is 1.35. The first-order valence-corrected chi connectivity index (χ1v) is 14.1. The average Bonchev–Trinajstić information content (AvgIpc) is 3.52. The average molecular weight is 527 g/mol. The summed E-state index contributed by atoms with van der Waals surface area (Å²) >= 11 is 0. The summed E-state index contributed by atoms with van der Waals surface area (Å²) in [5, 5.41) is 13.5. The van der Waals surface area contributed by atoms with Gasteiger partial charge in [0, 0.05) is 32.0 Å². The van der Waals surface area contributed by atoms with Gasteiger partial charge in [-0.25, -0.2) is 13.2 Å². The van der Waals surface area contributed by atoms with Crippen LogP contribution in [-0.4, -0.2) is 87.8 Å². The van der Waals surface area contributed by atoms with Crippen LogP contribution in [0.25, 0.3) is 0 Å². The quantitative estimate of drug-likeness (QED) is 0.475. The summed E-state index contributed by atoms with van der Waals surface area (Å²) in [5.74, 6) is 1.04. The van der Waals surface area contributed by atoms with Crippen LogP contribution >= 0.6 is 0 Å². The minimum atomic E-state index is -3.87. The highest BCUT2D eigenvalue weighted by Crippen LogP contribution is 2.47. The normalized spacial score (nSPS) is 29.1. The van der Waals surface area contributed by atoms with Gasteiger partial charge in [-0.3, -0.25) is 0 Å². The molecule has 0 unspecified atom stereocenters. The number of nitrogens with one attached hydrogen (secondary N) is 1. The molecule has 4 rings (SSSR count). The van der Waals surface area contributed by atoms with Gasteiger partial charge in [-0.2, -0.15) is 4.31 Å². The van der Waals surface area contributed by atoms with E-state index in [0.29, 0.717) is 18.3 Å². The van der Waals surface area contributed by atoms with E-state index in [4.69, 9.17) is 18.9 Å². The Morgan fingerprint density at radius 3 is 2.56 bits per heavy atom. The molecule has 2 aliphatic heterocycles. The molecule has 202 valence electrons.